The first-order valence-electron chi connectivity index (χ1n) is 7.33. The lowest BCUT2D eigenvalue weighted by molar-refractivity contribution is -0.132. The molecule has 2 N–H and O–H groups in total. The molecule has 4 heteroatoms. The molecular weight excluding hydrogens is 252 g/mol. The SMILES string of the molecule is CC(C)NC1CCN(C(CO)Cc2ccccc2)C1=O. The van der Waals surface area contributed by atoms with Crippen LogP contribution >= 0.6 is 0 Å². The van der Waals surface area contributed by atoms with Gasteiger partial charge in [-0.05, 0) is 18.4 Å². The second-order valence-corrected chi connectivity index (χ2v) is 5.72. The largest absolute Gasteiger partial charge is 0.394 e. The van der Waals surface area contributed by atoms with E-state index in [1.807, 2.05) is 49.1 Å². The van der Waals surface area contributed by atoms with Crippen LogP contribution in [0.15, 0.2) is 30.3 Å². The van der Waals surface area contributed by atoms with Gasteiger partial charge in [0.1, 0.15) is 0 Å². The van der Waals surface area contributed by atoms with Crippen LogP contribution < -0.4 is 5.32 Å². The van der Waals surface area contributed by atoms with E-state index in [1.165, 1.54) is 0 Å². The molecule has 20 heavy (non-hydrogen) atoms. The topological polar surface area (TPSA) is 52.6 Å². The molecule has 1 amide bonds. The minimum absolute atomic E-state index is 0.00896. The third-order valence-electron chi connectivity index (χ3n) is 3.74. The van der Waals surface area contributed by atoms with E-state index in [-0.39, 0.29) is 24.6 Å². The first kappa shape index (κ1) is 15.0. The second kappa shape index (κ2) is 6.86. The van der Waals surface area contributed by atoms with Crippen molar-refractivity contribution in [3.8, 4) is 0 Å². The molecule has 1 aromatic rings. The Hall–Kier alpha value is -1.39. The summed E-state index contributed by atoms with van der Waals surface area (Å²) in [4.78, 5) is 14.2. The highest BCUT2D eigenvalue weighted by molar-refractivity contribution is 5.84. The average Bonchev–Trinajstić information content (AvgIpc) is 2.78. The summed E-state index contributed by atoms with van der Waals surface area (Å²) in [6, 6.07) is 10.1. The molecule has 0 bridgehead atoms. The number of benzene rings is 1. The molecule has 1 saturated heterocycles. The van der Waals surface area contributed by atoms with Crippen molar-refractivity contribution in [3.05, 3.63) is 35.9 Å². The fourth-order valence-electron chi connectivity index (χ4n) is 2.78. The Labute approximate surface area is 120 Å². The Kier molecular flexibility index (Phi) is 5.15. The van der Waals surface area contributed by atoms with Crippen molar-refractivity contribution in [2.24, 2.45) is 0 Å². The van der Waals surface area contributed by atoms with E-state index >= 15 is 0 Å². The van der Waals surface area contributed by atoms with Crippen molar-refractivity contribution < 1.29 is 9.90 Å². The van der Waals surface area contributed by atoms with E-state index < -0.39 is 0 Å². The van der Waals surface area contributed by atoms with Gasteiger partial charge in [-0.3, -0.25) is 4.79 Å². The van der Waals surface area contributed by atoms with Crippen molar-refractivity contribution in [2.45, 2.75) is 44.8 Å². The van der Waals surface area contributed by atoms with Crippen molar-refractivity contribution in [1.82, 2.24) is 10.2 Å². The van der Waals surface area contributed by atoms with Gasteiger partial charge in [-0.25, -0.2) is 0 Å². The predicted octanol–water partition coefficient (Wildman–Crippen LogP) is 1.19. The molecule has 2 atom stereocenters. The fourth-order valence-corrected chi connectivity index (χ4v) is 2.78. The molecule has 4 nitrogen and oxygen atoms in total. The number of hydrogen-bond donors (Lipinski definition) is 2. The molecule has 1 heterocycles. The first-order valence-corrected chi connectivity index (χ1v) is 7.33. The maximum Gasteiger partial charge on any atom is 0.240 e. The Bertz CT molecular complexity index is 433. The van der Waals surface area contributed by atoms with Crippen LogP contribution in [0.5, 0.6) is 0 Å². The normalized spacial score (nSPS) is 20.7. The summed E-state index contributed by atoms with van der Waals surface area (Å²) in [5, 5.41) is 12.9. The monoisotopic (exact) mass is 276 g/mol. The van der Waals surface area contributed by atoms with Gasteiger partial charge in [-0.15, -0.1) is 0 Å². The van der Waals surface area contributed by atoms with Crippen molar-refractivity contribution in [1.29, 1.82) is 0 Å². The van der Waals surface area contributed by atoms with Crippen LogP contribution in [0, 0.1) is 0 Å². The van der Waals surface area contributed by atoms with E-state index in [2.05, 4.69) is 5.32 Å². The maximum atomic E-state index is 12.4. The lowest BCUT2D eigenvalue weighted by Gasteiger charge is -2.27. The molecule has 1 aromatic carbocycles. The van der Waals surface area contributed by atoms with Gasteiger partial charge < -0.3 is 15.3 Å². The van der Waals surface area contributed by atoms with Crippen molar-refractivity contribution in [2.75, 3.05) is 13.2 Å². The summed E-state index contributed by atoms with van der Waals surface area (Å²) in [6.45, 7) is 4.82. The minimum atomic E-state index is -0.121. The van der Waals surface area contributed by atoms with Gasteiger partial charge in [0.15, 0.2) is 0 Å². The Morgan fingerprint density at radius 2 is 2.05 bits per heavy atom. The van der Waals surface area contributed by atoms with Gasteiger partial charge in [0, 0.05) is 12.6 Å². The van der Waals surface area contributed by atoms with E-state index in [0.717, 1.165) is 18.5 Å². The number of carbonyl (C=O) groups excluding carboxylic acids is 1. The first-order chi connectivity index (χ1) is 9.61. The number of nitrogens with zero attached hydrogens (tertiary/aromatic N) is 1. The van der Waals surface area contributed by atoms with Gasteiger partial charge in [0.2, 0.25) is 5.91 Å². The lowest BCUT2D eigenvalue weighted by atomic mass is 10.1. The molecule has 0 spiro atoms. The van der Waals surface area contributed by atoms with E-state index in [9.17, 15) is 9.90 Å². The van der Waals surface area contributed by atoms with Gasteiger partial charge >= 0.3 is 0 Å². The molecule has 110 valence electrons. The van der Waals surface area contributed by atoms with Gasteiger partial charge in [0.05, 0.1) is 18.7 Å². The molecule has 0 saturated carbocycles. The van der Waals surface area contributed by atoms with Gasteiger partial charge in [-0.2, -0.15) is 0 Å². The van der Waals surface area contributed by atoms with E-state index in [0.29, 0.717) is 12.5 Å². The number of carbonyl (C=O) groups is 1. The van der Waals surface area contributed by atoms with Crippen LogP contribution in [0.4, 0.5) is 0 Å². The zero-order chi connectivity index (χ0) is 14.5. The number of rotatable bonds is 6. The number of aliphatic hydroxyl groups excluding tert-OH is 1. The molecular formula is C16H24N2O2. The quantitative estimate of drug-likeness (QED) is 0.820. The highest BCUT2D eigenvalue weighted by Crippen LogP contribution is 2.18. The molecule has 1 aliphatic rings. The lowest BCUT2D eigenvalue weighted by Crippen LogP contribution is -2.46. The van der Waals surface area contributed by atoms with Crippen LogP contribution in [0.1, 0.15) is 25.8 Å². The molecule has 0 radical (unpaired) electrons. The molecule has 0 aromatic heterocycles. The summed E-state index contributed by atoms with van der Waals surface area (Å²) >= 11 is 0. The van der Waals surface area contributed by atoms with Crippen LogP contribution in [0.3, 0.4) is 0 Å². The summed E-state index contributed by atoms with van der Waals surface area (Å²) in [5.74, 6) is 0.119. The molecule has 1 aliphatic heterocycles. The maximum absolute atomic E-state index is 12.4. The number of aliphatic hydroxyl groups is 1. The zero-order valence-electron chi connectivity index (χ0n) is 12.2. The number of nitrogens with one attached hydrogen (secondary N) is 1. The predicted molar refractivity (Wildman–Crippen MR) is 79.4 cm³/mol. The van der Waals surface area contributed by atoms with Crippen LogP contribution in [-0.2, 0) is 11.2 Å². The highest BCUT2D eigenvalue weighted by Gasteiger charge is 2.35. The summed E-state index contributed by atoms with van der Waals surface area (Å²) in [6.07, 6.45) is 1.53. The standard InChI is InChI=1S/C16H24N2O2/c1-12(2)17-15-8-9-18(16(15)20)14(11-19)10-13-6-4-3-5-7-13/h3-7,12,14-15,17,19H,8-11H2,1-2H3. The van der Waals surface area contributed by atoms with Crippen molar-refractivity contribution in [3.63, 3.8) is 0 Å². The third-order valence-corrected chi connectivity index (χ3v) is 3.74. The minimum Gasteiger partial charge on any atom is -0.394 e. The number of hydrogen-bond acceptors (Lipinski definition) is 3. The Balaban J connectivity index is 2.00. The smallest absolute Gasteiger partial charge is 0.240 e. The molecule has 2 rings (SSSR count). The summed E-state index contributed by atoms with van der Waals surface area (Å²) < 4.78 is 0. The van der Waals surface area contributed by atoms with Crippen LogP contribution in [0.25, 0.3) is 0 Å². The van der Waals surface area contributed by atoms with Crippen molar-refractivity contribution >= 4 is 5.91 Å². The average molecular weight is 276 g/mol. The summed E-state index contributed by atoms with van der Waals surface area (Å²) in [7, 11) is 0. The molecule has 0 aliphatic carbocycles. The Morgan fingerprint density at radius 1 is 1.35 bits per heavy atom. The number of amides is 1. The highest BCUT2D eigenvalue weighted by atomic mass is 16.3. The summed E-state index contributed by atoms with van der Waals surface area (Å²) in [5.41, 5.74) is 1.15. The molecule has 2 unspecified atom stereocenters. The van der Waals surface area contributed by atoms with Gasteiger partial charge in [0.25, 0.3) is 0 Å². The Morgan fingerprint density at radius 3 is 2.65 bits per heavy atom. The van der Waals surface area contributed by atoms with E-state index in [1.54, 1.807) is 0 Å². The van der Waals surface area contributed by atoms with Crippen LogP contribution in [-0.4, -0.2) is 47.2 Å². The zero-order valence-corrected chi connectivity index (χ0v) is 12.2. The third kappa shape index (κ3) is 3.58. The molecule has 1 fully saturated rings. The fraction of sp³-hybridized carbons (Fsp3) is 0.562. The van der Waals surface area contributed by atoms with E-state index in [4.69, 9.17) is 0 Å². The van der Waals surface area contributed by atoms with Gasteiger partial charge in [-0.1, -0.05) is 44.2 Å². The second-order valence-electron chi connectivity index (χ2n) is 5.72. The van der Waals surface area contributed by atoms with Crippen LogP contribution in [0.2, 0.25) is 0 Å². The number of likely N-dealkylation sites (tertiary alicyclic amines) is 1.